The second-order valence-corrected chi connectivity index (χ2v) is 3.55. The summed E-state index contributed by atoms with van der Waals surface area (Å²) in [5.74, 6) is 0. The summed E-state index contributed by atoms with van der Waals surface area (Å²) in [5, 5.41) is -1.60. The fourth-order valence-electron chi connectivity index (χ4n) is 0.801. The number of rotatable bonds is 1. The van der Waals surface area contributed by atoms with E-state index < -0.39 is 27.0 Å². The van der Waals surface area contributed by atoms with Crippen molar-refractivity contribution in [3.8, 4) is 0 Å². The summed E-state index contributed by atoms with van der Waals surface area (Å²) >= 11 is 0. The monoisotopic (exact) mass is 229 g/mol. The van der Waals surface area contributed by atoms with Gasteiger partial charge in [0.1, 0.15) is 0 Å². The van der Waals surface area contributed by atoms with E-state index in [0.717, 1.165) is 12.3 Å². The molecular weight excluding hydrogens is 226 g/mol. The van der Waals surface area contributed by atoms with E-state index in [1.54, 1.807) is 0 Å². The molecule has 1 rings (SSSR count). The first-order chi connectivity index (χ1) is 6.23. The second-order valence-electron chi connectivity index (χ2n) is 2.29. The van der Waals surface area contributed by atoms with E-state index in [4.69, 9.17) is 0 Å². The lowest BCUT2D eigenvalue weighted by atomic mass is 10.3. The highest BCUT2D eigenvalue weighted by Gasteiger charge is 2.38. The van der Waals surface area contributed by atoms with Crippen LogP contribution in [0, 0.1) is 0 Å². The van der Waals surface area contributed by atoms with E-state index in [1.165, 1.54) is 0 Å². The Morgan fingerprint density at radius 1 is 1.29 bits per heavy atom. The van der Waals surface area contributed by atoms with Crippen LogP contribution in [0.4, 0.5) is 17.1 Å². The van der Waals surface area contributed by atoms with Crippen molar-refractivity contribution < 1.29 is 25.5 Å². The van der Waals surface area contributed by atoms with Crippen LogP contribution >= 0.6 is 0 Å². The molecule has 1 aromatic heterocycles. The molecule has 0 N–H and O–H groups in total. The van der Waals surface area contributed by atoms with Crippen LogP contribution in [-0.4, -0.2) is 13.4 Å². The second kappa shape index (κ2) is 3.19. The molecule has 0 unspecified atom stereocenters. The molecule has 3 nitrogen and oxygen atoms in total. The summed E-state index contributed by atoms with van der Waals surface area (Å²) in [6.45, 7) is 0. The number of halogens is 4. The molecule has 0 radical (unpaired) electrons. The zero-order chi connectivity index (χ0) is 11.0. The lowest BCUT2D eigenvalue weighted by molar-refractivity contribution is -0.140. The molecule has 0 spiro atoms. The van der Waals surface area contributed by atoms with Gasteiger partial charge in [-0.1, -0.05) is 3.89 Å². The van der Waals surface area contributed by atoms with Crippen molar-refractivity contribution >= 4 is 10.2 Å². The normalized spacial score (nSPS) is 12.9. The summed E-state index contributed by atoms with van der Waals surface area (Å²) in [7, 11) is -5.45. The Morgan fingerprint density at radius 3 is 2.21 bits per heavy atom. The highest BCUT2D eigenvalue weighted by Crippen LogP contribution is 2.33. The molecule has 0 aliphatic carbocycles. The molecule has 0 aliphatic rings. The van der Waals surface area contributed by atoms with Crippen LogP contribution in [0.15, 0.2) is 23.4 Å². The van der Waals surface area contributed by atoms with Crippen molar-refractivity contribution in [2.24, 2.45) is 0 Å². The number of aromatic nitrogens is 1. The summed E-state index contributed by atoms with van der Waals surface area (Å²) in [6.07, 6.45) is -4.18. The number of nitrogens with zero attached hydrogens (tertiary/aromatic N) is 1. The van der Waals surface area contributed by atoms with Crippen LogP contribution in [0.1, 0.15) is 5.56 Å². The van der Waals surface area contributed by atoms with E-state index in [0.29, 0.717) is 6.07 Å². The molecule has 0 bridgehead atoms. The van der Waals surface area contributed by atoms with Crippen LogP contribution in [0.3, 0.4) is 0 Å². The molecule has 1 aromatic rings. The summed E-state index contributed by atoms with van der Waals surface area (Å²) in [6, 6.07) is 1.32. The number of alkyl halides is 3. The number of hydrogen-bond donors (Lipinski definition) is 0. The van der Waals surface area contributed by atoms with Crippen molar-refractivity contribution in [1.82, 2.24) is 4.98 Å². The molecule has 0 fully saturated rings. The van der Waals surface area contributed by atoms with Gasteiger partial charge in [0.2, 0.25) is 0 Å². The van der Waals surface area contributed by atoms with Crippen LogP contribution in [0.25, 0.3) is 0 Å². The maximum Gasteiger partial charge on any atom is 0.419 e. The molecule has 0 saturated carbocycles. The van der Waals surface area contributed by atoms with E-state index >= 15 is 0 Å². The average Bonchev–Trinajstić information content (AvgIpc) is 2.01. The van der Waals surface area contributed by atoms with Gasteiger partial charge < -0.3 is 0 Å². The molecule has 14 heavy (non-hydrogen) atoms. The zero-order valence-electron chi connectivity index (χ0n) is 6.42. The Hall–Kier alpha value is -1.18. The van der Waals surface area contributed by atoms with Crippen molar-refractivity contribution in [2.75, 3.05) is 0 Å². The van der Waals surface area contributed by atoms with Gasteiger partial charge in [-0.3, -0.25) is 0 Å². The Morgan fingerprint density at radius 2 is 1.86 bits per heavy atom. The van der Waals surface area contributed by atoms with Gasteiger partial charge in [0.25, 0.3) is 0 Å². The maximum absolute atomic E-state index is 12.3. The first-order valence-corrected chi connectivity index (χ1v) is 4.58. The molecule has 0 aliphatic heterocycles. The summed E-state index contributed by atoms with van der Waals surface area (Å²) < 4.78 is 69.2. The zero-order valence-corrected chi connectivity index (χ0v) is 7.23. The number of hydrogen-bond acceptors (Lipinski definition) is 3. The van der Waals surface area contributed by atoms with Crippen LogP contribution in [0.2, 0.25) is 0 Å². The van der Waals surface area contributed by atoms with Crippen molar-refractivity contribution in [3.63, 3.8) is 0 Å². The standard InChI is InChI=1S/C6H3F4NO2S/c7-6(8,9)4-2-1-3-11-5(4)14(10,12)13/h1-3H. The minimum Gasteiger partial charge on any atom is -0.242 e. The molecule has 1 heterocycles. The predicted octanol–water partition coefficient (Wildman–Crippen LogP) is 1.76. The van der Waals surface area contributed by atoms with Gasteiger partial charge in [0, 0.05) is 6.20 Å². The first-order valence-electron chi connectivity index (χ1n) is 3.20. The smallest absolute Gasteiger partial charge is 0.242 e. The van der Waals surface area contributed by atoms with Crippen LogP contribution < -0.4 is 0 Å². The highest BCUT2D eigenvalue weighted by molar-refractivity contribution is 7.86. The summed E-state index contributed by atoms with van der Waals surface area (Å²) in [4.78, 5) is 2.83. The lowest BCUT2D eigenvalue weighted by Gasteiger charge is -2.07. The highest BCUT2D eigenvalue weighted by atomic mass is 32.3. The third kappa shape index (κ3) is 2.19. The first kappa shape index (κ1) is 10.9. The molecule has 8 heteroatoms. The Kier molecular flexibility index (Phi) is 2.49. The summed E-state index contributed by atoms with van der Waals surface area (Å²) in [5.41, 5.74) is -1.61. The topological polar surface area (TPSA) is 47.0 Å². The fourth-order valence-corrected chi connectivity index (χ4v) is 1.43. The van der Waals surface area contributed by atoms with Crippen molar-refractivity contribution in [2.45, 2.75) is 11.2 Å². The SMILES string of the molecule is O=S(=O)(F)c1ncccc1C(F)(F)F. The van der Waals surface area contributed by atoms with Crippen LogP contribution in [-0.2, 0) is 16.4 Å². The Bertz CT molecular complexity index is 439. The molecule has 78 valence electrons. The Balaban J connectivity index is 3.47. The van der Waals surface area contributed by atoms with Crippen molar-refractivity contribution in [1.29, 1.82) is 0 Å². The van der Waals surface area contributed by atoms with Gasteiger partial charge in [-0.05, 0) is 12.1 Å². The van der Waals surface area contributed by atoms with Gasteiger partial charge >= 0.3 is 16.4 Å². The van der Waals surface area contributed by atoms with Gasteiger partial charge in [-0.25, -0.2) is 4.98 Å². The van der Waals surface area contributed by atoms with E-state index in [9.17, 15) is 25.5 Å². The quantitative estimate of drug-likeness (QED) is 0.544. The lowest BCUT2D eigenvalue weighted by Crippen LogP contribution is -2.12. The number of pyridine rings is 1. The predicted molar refractivity (Wildman–Crippen MR) is 37.5 cm³/mol. The maximum atomic E-state index is 12.3. The molecule has 0 saturated heterocycles. The molecule has 0 aromatic carbocycles. The van der Waals surface area contributed by atoms with Crippen molar-refractivity contribution in [3.05, 3.63) is 23.9 Å². The Labute approximate surface area is 76.6 Å². The minimum atomic E-state index is -5.45. The van der Waals surface area contributed by atoms with Crippen LogP contribution in [0.5, 0.6) is 0 Å². The molecular formula is C6H3F4NO2S. The van der Waals surface area contributed by atoms with Gasteiger partial charge in [0.15, 0.2) is 5.03 Å². The average molecular weight is 229 g/mol. The van der Waals surface area contributed by atoms with E-state index in [1.807, 2.05) is 0 Å². The third-order valence-corrected chi connectivity index (χ3v) is 2.09. The van der Waals surface area contributed by atoms with E-state index in [2.05, 4.69) is 4.98 Å². The van der Waals surface area contributed by atoms with E-state index in [-0.39, 0.29) is 0 Å². The van der Waals surface area contributed by atoms with Gasteiger partial charge in [0.05, 0.1) is 5.56 Å². The van der Waals surface area contributed by atoms with Gasteiger partial charge in [-0.15, -0.1) is 0 Å². The van der Waals surface area contributed by atoms with Gasteiger partial charge in [-0.2, -0.15) is 21.6 Å². The largest absolute Gasteiger partial charge is 0.419 e. The minimum absolute atomic E-state index is 0.444. The fraction of sp³-hybridized carbons (Fsp3) is 0.167. The third-order valence-electron chi connectivity index (χ3n) is 1.31. The molecule has 0 amide bonds. The molecule has 0 atom stereocenters.